The first kappa shape index (κ1) is 17.4. The van der Waals surface area contributed by atoms with Crippen molar-refractivity contribution in [3.05, 3.63) is 0 Å². The van der Waals surface area contributed by atoms with E-state index in [2.05, 4.69) is 57.3 Å². The standard InChI is InChI=1S/C14H31N3O/c1-12(2)15-9-7-8-13(18)16-10-14(3,4)11-17(5)6/h12,15H,7-11H2,1-6H3,(H,16,18). The fourth-order valence-electron chi connectivity index (χ4n) is 1.98. The fourth-order valence-corrected chi connectivity index (χ4v) is 1.98. The van der Waals surface area contributed by atoms with Crippen molar-refractivity contribution in [1.29, 1.82) is 0 Å². The van der Waals surface area contributed by atoms with Crippen LogP contribution in [0.15, 0.2) is 0 Å². The summed E-state index contributed by atoms with van der Waals surface area (Å²) in [5.74, 6) is 0.160. The molecule has 0 heterocycles. The Hall–Kier alpha value is -0.610. The lowest BCUT2D eigenvalue weighted by molar-refractivity contribution is -0.121. The van der Waals surface area contributed by atoms with Crippen LogP contribution in [0.4, 0.5) is 0 Å². The molecule has 4 nitrogen and oxygen atoms in total. The van der Waals surface area contributed by atoms with Crippen LogP contribution in [0.2, 0.25) is 0 Å². The van der Waals surface area contributed by atoms with E-state index in [1.54, 1.807) is 0 Å². The van der Waals surface area contributed by atoms with E-state index >= 15 is 0 Å². The van der Waals surface area contributed by atoms with Gasteiger partial charge in [0.25, 0.3) is 0 Å². The highest BCUT2D eigenvalue weighted by Crippen LogP contribution is 2.14. The first-order chi connectivity index (χ1) is 8.23. The van der Waals surface area contributed by atoms with Crippen LogP contribution in [-0.2, 0) is 4.79 Å². The zero-order valence-corrected chi connectivity index (χ0v) is 13.0. The van der Waals surface area contributed by atoms with Crippen LogP contribution in [0, 0.1) is 5.41 Å². The van der Waals surface area contributed by atoms with Crippen LogP contribution < -0.4 is 10.6 Å². The molecule has 0 aromatic carbocycles. The van der Waals surface area contributed by atoms with Gasteiger partial charge in [0.15, 0.2) is 0 Å². The van der Waals surface area contributed by atoms with Gasteiger partial charge in [0.1, 0.15) is 0 Å². The summed E-state index contributed by atoms with van der Waals surface area (Å²) in [5.41, 5.74) is 0.120. The first-order valence-electron chi connectivity index (χ1n) is 6.88. The molecular weight excluding hydrogens is 226 g/mol. The van der Waals surface area contributed by atoms with E-state index in [0.717, 1.165) is 26.1 Å². The largest absolute Gasteiger partial charge is 0.356 e. The molecule has 18 heavy (non-hydrogen) atoms. The maximum atomic E-state index is 11.7. The maximum absolute atomic E-state index is 11.7. The molecule has 0 bridgehead atoms. The van der Waals surface area contributed by atoms with E-state index in [1.165, 1.54) is 0 Å². The molecule has 0 atom stereocenters. The van der Waals surface area contributed by atoms with E-state index in [4.69, 9.17) is 0 Å². The quantitative estimate of drug-likeness (QED) is 0.615. The lowest BCUT2D eigenvalue weighted by atomic mass is 9.93. The Labute approximate surface area is 113 Å². The van der Waals surface area contributed by atoms with Gasteiger partial charge in [-0.05, 0) is 32.5 Å². The second kappa shape index (κ2) is 8.48. The van der Waals surface area contributed by atoms with Crippen molar-refractivity contribution in [2.75, 3.05) is 33.7 Å². The third kappa shape index (κ3) is 10.5. The van der Waals surface area contributed by atoms with E-state index in [-0.39, 0.29) is 11.3 Å². The van der Waals surface area contributed by atoms with Crippen molar-refractivity contribution >= 4 is 5.91 Å². The first-order valence-corrected chi connectivity index (χ1v) is 6.88. The zero-order chi connectivity index (χ0) is 14.2. The zero-order valence-electron chi connectivity index (χ0n) is 13.0. The van der Waals surface area contributed by atoms with Crippen molar-refractivity contribution in [3.63, 3.8) is 0 Å². The lowest BCUT2D eigenvalue weighted by Crippen LogP contribution is -2.40. The molecule has 0 aromatic heterocycles. The second-order valence-electron chi connectivity index (χ2n) is 6.39. The molecule has 0 fully saturated rings. The van der Waals surface area contributed by atoms with E-state index in [9.17, 15) is 4.79 Å². The molecule has 0 aliphatic rings. The van der Waals surface area contributed by atoms with Gasteiger partial charge in [-0.3, -0.25) is 4.79 Å². The number of hydrogen-bond donors (Lipinski definition) is 2. The van der Waals surface area contributed by atoms with Crippen molar-refractivity contribution in [1.82, 2.24) is 15.5 Å². The highest BCUT2D eigenvalue weighted by atomic mass is 16.1. The molecule has 4 heteroatoms. The number of carbonyl (C=O) groups is 1. The molecule has 0 saturated heterocycles. The molecule has 108 valence electrons. The molecule has 0 saturated carbocycles. The SMILES string of the molecule is CC(C)NCCCC(=O)NCC(C)(C)CN(C)C. The third-order valence-corrected chi connectivity index (χ3v) is 2.64. The Morgan fingerprint density at radius 1 is 1.28 bits per heavy atom. The molecule has 0 radical (unpaired) electrons. The van der Waals surface area contributed by atoms with Gasteiger partial charge in [0.2, 0.25) is 5.91 Å². The Bertz CT molecular complexity index is 237. The highest BCUT2D eigenvalue weighted by molar-refractivity contribution is 5.75. The van der Waals surface area contributed by atoms with Gasteiger partial charge in [-0.2, -0.15) is 0 Å². The predicted molar refractivity (Wildman–Crippen MR) is 77.7 cm³/mol. The summed E-state index contributed by atoms with van der Waals surface area (Å²) in [4.78, 5) is 13.8. The van der Waals surface area contributed by atoms with Gasteiger partial charge in [-0.1, -0.05) is 27.7 Å². The fraction of sp³-hybridized carbons (Fsp3) is 0.929. The van der Waals surface area contributed by atoms with Crippen LogP contribution in [0.1, 0.15) is 40.5 Å². The summed E-state index contributed by atoms with van der Waals surface area (Å²) < 4.78 is 0. The summed E-state index contributed by atoms with van der Waals surface area (Å²) in [6.07, 6.45) is 1.51. The Balaban J connectivity index is 3.69. The van der Waals surface area contributed by atoms with Gasteiger partial charge >= 0.3 is 0 Å². The summed E-state index contributed by atoms with van der Waals surface area (Å²) in [7, 11) is 4.11. The van der Waals surface area contributed by atoms with Crippen molar-refractivity contribution in [3.8, 4) is 0 Å². The van der Waals surface area contributed by atoms with Crippen molar-refractivity contribution in [2.24, 2.45) is 5.41 Å². The number of hydrogen-bond acceptors (Lipinski definition) is 3. The van der Waals surface area contributed by atoms with Gasteiger partial charge in [0, 0.05) is 25.6 Å². The predicted octanol–water partition coefficient (Wildman–Crippen LogP) is 1.47. The van der Waals surface area contributed by atoms with Gasteiger partial charge in [-0.25, -0.2) is 0 Å². The third-order valence-electron chi connectivity index (χ3n) is 2.64. The monoisotopic (exact) mass is 257 g/mol. The van der Waals surface area contributed by atoms with Crippen LogP contribution in [0.5, 0.6) is 0 Å². The summed E-state index contributed by atoms with van der Waals surface area (Å²) in [5, 5.41) is 6.34. The molecule has 0 aromatic rings. The molecule has 0 rings (SSSR count). The van der Waals surface area contributed by atoms with Gasteiger partial charge < -0.3 is 15.5 Å². The van der Waals surface area contributed by atoms with E-state index < -0.39 is 0 Å². The summed E-state index contributed by atoms with van der Waals surface area (Å²) >= 11 is 0. The van der Waals surface area contributed by atoms with Crippen molar-refractivity contribution in [2.45, 2.75) is 46.6 Å². The second-order valence-corrected chi connectivity index (χ2v) is 6.39. The minimum atomic E-state index is 0.120. The summed E-state index contributed by atoms with van der Waals surface area (Å²) in [6.45, 7) is 11.2. The maximum Gasteiger partial charge on any atom is 0.220 e. The number of amides is 1. The molecule has 0 aliphatic carbocycles. The molecule has 2 N–H and O–H groups in total. The smallest absolute Gasteiger partial charge is 0.220 e. The Morgan fingerprint density at radius 2 is 1.89 bits per heavy atom. The lowest BCUT2D eigenvalue weighted by Gasteiger charge is -2.28. The minimum absolute atomic E-state index is 0.120. The van der Waals surface area contributed by atoms with Crippen LogP contribution in [-0.4, -0.2) is 50.6 Å². The topological polar surface area (TPSA) is 44.4 Å². The minimum Gasteiger partial charge on any atom is -0.356 e. The summed E-state index contributed by atoms with van der Waals surface area (Å²) in [6, 6.07) is 0.493. The number of carbonyl (C=O) groups excluding carboxylic acids is 1. The normalized spacial score (nSPS) is 12.2. The average Bonchev–Trinajstić information content (AvgIpc) is 2.19. The van der Waals surface area contributed by atoms with Gasteiger partial charge in [0.05, 0.1) is 0 Å². The van der Waals surface area contributed by atoms with Gasteiger partial charge in [-0.15, -0.1) is 0 Å². The molecule has 0 spiro atoms. The number of rotatable bonds is 9. The molecule has 1 amide bonds. The number of nitrogens with one attached hydrogen (secondary N) is 2. The van der Waals surface area contributed by atoms with Crippen LogP contribution >= 0.6 is 0 Å². The molecule has 0 unspecified atom stereocenters. The van der Waals surface area contributed by atoms with E-state index in [0.29, 0.717) is 12.5 Å². The molecule has 0 aliphatic heterocycles. The number of nitrogens with zero attached hydrogens (tertiary/aromatic N) is 1. The van der Waals surface area contributed by atoms with Crippen molar-refractivity contribution < 1.29 is 4.79 Å². The average molecular weight is 257 g/mol. The van der Waals surface area contributed by atoms with E-state index in [1.807, 2.05) is 0 Å². The van der Waals surface area contributed by atoms with Crippen LogP contribution in [0.25, 0.3) is 0 Å². The highest BCUT2D eigenvalue weighted by Gasteiger charge is 2.19. The van der Waals surface area contributed by atoms with Crippen LogP contribution in [0.3, 0.4) is 0 Å². The Morgan fingerprint density at radius 3 is 2.39 bits per heavy atom. The molecular formula is C14H31N3O. The Kier molecular flexibility index (Phi) is 8.20.